The summed E-state index contributed by atoms with van der Waals surface area (Å²) in [5, 5.41) is 0. The van der Waals surface area contributed by atoms with Gasteiger partial charge in [0.25, 0.3) is 5.91 Å². The lowest BCUT2D eigenvalue weighted by Crippen LogP contribution is -2.32. The van der Waals surface area contributed by atoms with E-state index in [-0.39, 0.29) is 16.7 Å². The first kappa shape index (κ1) is 17.4. The molecule has 1 heterocycles. The zero-order valence-corrected chi connectivity index (χ0v) is 14.9. The van der Waals surface area contributed by atoms with Gasteiger partial charge in [0.15, 0.2) is 0 Å². The molecule has 1 rings (SSSR count). The van der Waals surface area contributed by atoms with E-state index in [1.807, 2.05) is 20.8 Å². The van der Waals surface area contributed by atoms with Crippen molar-refractivity contribution >= 4 is 28.5 Å². The lowest BCUT2D eigenvalue weighted by atomic mass is 9.88. The first-order chi connectivity index (χ1) is 9.17. The quantitative estimate of drug-likeness (QED) is 0.476. The Morgan fingerprint density at radius 2 is 2.00 bits per heavy atom. The van der Waals surface area contributed by atoms with Crippen LogP contribution in [0.3, 0.4) is 0 Å². The molecule has 0 aromatic carbocycles. The molecule has 0 atom stereocenters. The molecule has 0 saturated heterocycles. The van der Waals surface area contributed by atoms with Crippen LogP contribution in [0.25, 0.3) is 0 Å². The Morgan fingerprint density at radius 3 is 2.55 bits per heavy atom. The minimum absolute atomic E-state index is 0.0373. The van der Waals surface area contributed by atoms with E-state index in [4.69, 9.17) is 4.84 Å². The SMILES string of the molecule is CC(C)(CI)CONC(=O)c1cccnc1C(C)(C)C. The summed E-state index contributed by atoms with van der Waals surface area (Å²) >= 11 is 2.31. The molecule has 0 radical (unpaired) electrons. The molecule has 0 bridgehead atoms. The van der Waals surface area contributed by atoms with Gasteiger partial charge >= 0.3 is 0 Å². The van der Waals surface area contributed by atoms with Gasteiger partial charge in [-0.15, -0.1) is 0 Å². The number of pyridine rings is 1. The van der Waals surface area contributed by atoms with Crippen LogP contribution in [-0.4, -0.2) is 21.9 Å². The molecule has 0 unspecified atom stereocenters. The van der Waals surface area contributed by atoms with Gasteiger partial charge < -0.3 is 0 Å². The summed E-state index contributed by atoms with van der Waals surface area (Å²) in [6, 6.07) is 3.54. The van der Waals surface area contributed by atoms with Gasteiger partial charge in [-0.05, 0) is 17.5 Å². The Hall–Kier alpha value is -0.690. The van der Waals surface area contributed by atoms with E-state index in [2.05, 4.69) is 46.9 Å². The topological polar surface area (TPSA) is 51.2 Å². The van der Waals surface area contributed by atoms with Crippen molar-refractivity contribution in [3.8, 4) is 0 Å². The molecule has 20 heavy (non-hydrogen) atoms. The minimum Gasteiger partial charge on any atom is -0.273 e. The number of amides is 1. The van der Waals surface area contributed by atoms with Crippen LogP contribution >= 0.6 is 22.6 Å². The molecule has 112 valence electrons. The number of nitrogens with zero attached hydrogens (tertiary/aromatic N) is 1. The molecule has 0 aliphatic rings. The predicted octanol–water partition coefficient (Wildman–Crippen LogP) is 3.50. The van der Waals surface area contributed by atoms with Crippen molar-refractivity contribution in [2.45, 2.75) is 40.0 Å². The molecule has 0 saturated carbocycles. The second-order valence-electron chi connectivity index (χ2n) is 6.67. The summed E-state index contributed by atoms with van der Waals surface area (Å²) in [4.78, 5) is 21.9. The van der Waals surface area contributed by atoms with Crippen molar-refractivity contribution < 1.29 is 9.63 Å². The second kappa shape index (κ2) is 6.85. The van der Waals surface area contributed by atoms with E-state index < -0.39 is 0 Å². The van der Waals surface area contributed by atoms with Crippen LogP contribution in [-0.2, 0) is 10.3 Å². The summed E-state index contributed by atoms with van der Waals surface area (Å²) in [6.45, 7) is 10.8. The van der Waals surface area contributed by atoms with Crippen molar-refractivity contribution in [3.63, 3.8) is 0 Å². The van der Waals surface area contributed by atoms with Gasteiger partial charge in [0.1, 0.15) is 0 Å². The van der Waals surface area contributed by atoms with E-state index in [0.29, 0.717) is 12.2 Å². The van der Waals surface area contributed by atoms with Crippen molar-refractivity contribution in [1.29, 1.82) is 0 Å². The Morgan fingerprint density at radius 1 is 1.35 bits per heavy atom. The lowest BCUT2D eigenvalue weighted by molar-refractivity contribution is 0.00329. The van der Waals surface area contributed by atoms with E-state index in [9.17, 15) is 4.79 Å². The van der Waals surface area contributed by atoms with Crippen molar-refractivity contribution in [3.05, 3.63) is 29.6 Å². The molecule has 0 aliphatic heterocycles. The average molecular weight is 390 g/mol. The van der Waals surface area contributed by atoms with Gasteiger partial charge in [0.2, 0.25) is 0 Å². The zero-order valence-electron chi connectivity index (χ0n) is 12.8. The van der Waals surface area contributed by atoms with Crippen molar-refractivity contribution in [2.24, 2.45) is 5.41 Å². The molecule has 0 aliphatic carbocycles. The highest BCUT2D eigenvalue weighted by molar-refractivity contribution is 14.1. The number of carbonyl (C=O) groups is 1. The highest BCUT2D eigenvalue weighted by atomic mass is 127. The monoisotopic (exact) mass is 390 g/mol. The number of halogens is 1. The summed E-state index contributed by atoms with van der Waals surface area (Å²) in [5.41, 5.74) is 3.71. The molecule has 1 N–H and O–H groups in total. The third-order valence-corrected chi connectivity index (χ3v) is 4.82. The average Bonchev–Trinajstić information content (AvgIpc) is 2.37. The van der Waals surface area contributed by atoms with Crippen LogP contribution in [0.4, 0.5) is 0 Å². The van der Waals surface area contributed by atoms with Crippen LogP contribution in [0.5, 0.6) is 0 Å². The Labute approximate surface area is 134 Å². The van der Waals surface area contributed by atoms with Crippen LogP contribution in [0.15, 0.2) is 18.3 Å². The molecule has 4 nitrogen and oxygen atoms in total. The summed E-state index contributed by atoms with van der Waals surface area (Å²) in [6.07, 6.45) is 1.71. The largest absolute Gasteiger partial charge is 0.276 e. The lowest BCUT2D eigenvalue weighted by Gasteiger charge is -2.22. The molecule has 1 aromatic rings. The number of hydrogen-bond donors (Lipinski definition) is 1. The molecule has 1 aromatic heterocycles. The number of rotatable bonds is 5. The van der Waals surface area contributed by atoms with E-state index in [0.717, 1.165) is 10.1 Å². The van der Waals surface area contributed by atoms with E-state index >= 15 is 0 Å². The van der Waals surface area contributed by atoms with E-state index in [1.54, 1.807) is 18.3 Å². The number of aromatic nitrogens is 1. The first-order valence-corrected chi connectivity index (χ1v) is 8.13. The maximum absolute atomic E-state index is 12.2. The molecule has 0 fully saturated rings. The summed E-state index contributed by atoms with van der Waals surface area (Å²) in [5.74, 6) is -0.243. The fourth-order valence-corrected chi connectivity index (χ4v) is 1.80. The second-order valence-corrected chi connectivity index (χ2v) is 7.43. The first-order valence-electron chi connectivity index (χ1n) is 6.61. The Bertz CT molecular complexity index is 467. The fraction of sp³-hybridized carbons (Fsp3) is 0.600. The van der Waals surface area contributed by atoms with Gasteiger partial charge in [-0.1, -0.05) is 57.2 Å². The van der Waals surface area contributed by atoms with Gasteiger partial charge in [-0.3, -0.25) is 14.6 Å². The third kappa shape index (κ3) is 5.01. The van der Waals surface area contributed by atoms with Crippen molar-refractivity contribution in [2.75, 3.05) is 11.0 Å². The van der Waals surface area contributed by atoms with Gasteiger partial charge in [-0.2, -0.15) is 0 Å². The number of nitrogens with one attached hydrogen (secondary N) is 1. The summed E-state index contributed by atoms with van der Waals surface area (Å²) < 4.78 is 0.959. The molecule has 1 amide bonds. The standard InChI is InChI=1S/C15H23IN2O2/c1-14(2,3)12-11(7-6-8-17-12)13(19)18-20-10-15(4,5)9-16/h6-8H,9-10H2,1-5H3,(H,18,19). The van der Waals surface area contributed by atoms with Gasteiger partial charge in [0.05, 0.1) is 17.9 Å². The van der Waals surface area contributed by atoms with Crippen molar-refractivity contribution in [1.82, 2.24) is 10.5 Å². The number of hydroxylamine groups is 1. The maximum atomic E-state index is 12.2. The predicted molar refractivity (Wildman–Crippen MR) is 89.0 cm³/mol. The normalized spacial score (nSPS) is 12.3. The molecular formula is C15H23IN2O2. The molecule has 0 spiro atoms. The minimum atomic E-state index is -0.243. The smallest absolute Gasteiger partial charge is 0.273 e. The maximum Gasteiger partial charge on any atom is 0.276 e. The van der Waals surface area contributed by atoms with Crippen LogP contribution in [0.1, 0.15) is 50.7 Å². The zero-order chi connectivity index (χ0) is 15.4. The van der Waals surface area contributed by atoms with Gasteiger partial charge in [-0.25, -0.2) is 5.48 Å². The Kier molecular flexibility index (Phi) is 5.94. The highest BCUT2D eigenvalue weighted by Gasteiger charge is 2.23. The number of carbonyl (C=O) groups excluding carboxylic acids is 1. The van der Waals surface area contributed by atoms with Crippen LogP contribution in [0.2, 0.25) is 0 Å². The third-order valence-electron chi connectivity index (χ3n) is 2.75. The Balaban J connectivity index is 2.74. The number of alkyl halides is 1. The van der Waals surface area contributed by atoms with Crippen LogP contribution in [0, 0.1) is 5.41 Å². The number of hydrogen-bond acceptors (Lipinski definition) is 3. The molecule has 5 heteroatoms. The highest BCUT2D eigenvalue weighted by Crippen LogP contribution is 2.23. The molecular weight excluding hydrogens is 367 g/mol. The summed E-state index contributed by atoms with van der Waals surface area (Å²) in [7, 11) is 0. The van der Waals surface area contributed by atoms with E-state index in [1.165, 1.54) is 0 Å². The fourth-order valence-electron chi connectivity index (χ4n) is 1.58. The van der Waals surface area contributed by atoms with Crippen LogP contribution < -0.4 is 5.48 Å². The van der Waals surface area contributed by atoms with Gasteiger partial charge in [0, 0.05) is 16.0 Å².